The number of β-amino-alcohol motifs (C(OH)–C–C–N with tert-alkyl or cyclic N) is 1. The standard InChI is InChI=1S/C14H19BrN2O3/c1-8(9-3-4-13(20-2)11(15)5-9)17-14(19)12-6-10(18)7-16-12/h3-5,8,10,12,16,18H,6-7H2,1-2H3,(H,17,19). The summed E-state index contributed by atoms with van der Waals surface area (Å²) in [5.74, 6) is 0.675. The molecule has 0 radical (unpaired) electrons. The number of ether oxygens (including phenoxy) is 1. The Morgan fingerprint density at radius 1 is 1.60 bits per heavy atom. The maximum atomic E-state index is 12.1. The number of nitrogens with one attached hydrogen (secondary N) is 2. The summed E-state index contributed by atoms with van der Waals surface area (Å²) in [6, 6.07) is 5.30. The minimum atomic E-state index is -0.434. The number of methoxy groups -OCH3 is 1. The molecule has 1 heterocycles. The summed E-state index contributed by atoms with van der Waals surface area (Å²) in [6.45, 7) is 2.40. The van der Waals surface area contributed by atoms with Crippen molar-refractivity contribution in [3.63, 3.8) is 0 Å². The van der Waals surface area contributed by atoms with Crippen molar-refractivity contribution in [3.05, 3.63) is 28.2 Å². The molecule has 0 bridgehead atoms. The molecule has 1 aliphatic rings. The molecule has 0 saturated carbocycles. The predicted molar refractivity (Wildman–Crippen MR) is 79.7 cm³/mol. The fraction of sp³-hybridized carbons (Fsp3) is 0.500. The van der Waals surface area contributed by atoms with Crippen LogP contribution < -0.4 is 15.4 Å². The lowest BCUT2D eigenvalue weighted by Gasteiger charge is -2.18. The van der Waals surface area contributed by atoms with Crippen LogP contribution in [0.25, 0.3) is 0 Å². The molecule has 110 valence electrons. The van der Waals surface area contributed by atoms with Crippen LogP contribution in [0.4, 0.5) is 0 Å². The Morgan fingerprint density at radius 2 is 2.35 bits per heavy atom. The molecule has 1 aliphatic heterocycles. The van der Waals surface area contributed by atoms with E-state index < -0.39 is 6.10 Å². The van der Waals surface area contributed by atoms with Gasteiger partial charge in [0.25, 0.3) is 0 Å². The third-order valence-electron chi connectivity index (χ3n) is 3.46. The normalized spacial score (nSPS) is 23.4. The molecule has 3 N–H and O–H groups in total. The summed E-state index contributed by atoms with van der Waals surface area (Å²) in [5, 5.41) is 15.4. The van der Waals surface area contributed by atoms with Gasteiger partial charge in [0.2, 0.25) is 5.91 Å². The van der Waals surface area contributed by atoms with Crippen molar-refractivity contribution in [1.82, 2.24) is 10.6 Å². The Kier molecular flexibility index (Phi) is 5.01. The number of rotatable bonds is 4. The monoisotopic (exact) mass is 342 g/mol. The molecule has 2 rings (SSSR count). The van der Waals surface area contributed by atoms with Gasteiger partial charge in [0, 0.05) is 6.54 Å². The summed E-state index contributed by atoms with van der Waals surface area (Å²) in [5.41, 5.74) is 0.990. The fourth-order valence-corrected chi connectivity index (χ4v) is 2.82. The molecule has 1 aromatic rings. The van der Waals surface area contributed by atoms with Crippen LogP contribution >= 0.6 is 15.9 Å². The third kappa shape index (κ3) is 3.50. The second-order valence-electron chi connectivity index (χ2n) is 4.97. The first-order chi connectivity index (χ1) is 9.51. The third-order valence-corrected chi connectivity index (χ3v) is 4.08. The number of amides is 1. The smallest absolute Gasteiger partial charge is 0.237 e. The molecule has 1 amide bonds. The number of hydrogen-bond acceptors (Lipinski definition) is 4. The lowest BCUT2D eigenvalue weighted by Crippen LogP contribution is -2.41. The zero-order chi connectivity index (χ0) is 14.7. The van der Waals surface area contributed by atoms with Gasteiger partial charge in [-0.25, -0.2) is 0 Å². The maximum absolute atomic E-state index is 12.1. The Labute approximate surface area is 126 Å². The summed E-state index contributed by atoms with van der Waals surface area (Å²) < 4.78 is 6.04. The summed E-state index contributed by atoms with van der Waals surface area (Å²) in [6.07, 6.45) is 0.0291. The van der Waals surface area contributed by atoms with Gasteiger partial charge in [-0.15, -0.1) is 0 Å². The summed E-state index contributed by atoms with van der Waals surface area (Å²) >= 11 is 3.43. The van der Waals surface area contributed by atoms with Crippen LogP contribution in [0.5, 0.6) is 5.75 Å². The van der Waals surface area contributed by atoms with Gasteiger partial charge in [-0.1, -0.05) is 6.07 Å². The van der Waals surface area contributed by atoms with Gasteiger partial charge < -0.3 is 20.5 Å². The van der Waals surface area contributed by atoms with Crippen LogP contribution in [0.1, 0.15) is 24.9 Å². The van der Waals surface area contributed by atoms with Crippen LogP contribution in [0.3, 0.4) is 0 Å². The molecule has 3 unspecified atom stereocenters. The quantitative estimate of drug-likeness (QED) is 0.772. The van der Waals surface area contributed by atoms with E-state index >= 15 is 0 Å². The SMILES string of the molecule is COc1ccc(C(C)NC(=O)C2CC(O)CN2)cc1Br. The van der Waals surface area contributed by atoms with Crippen molar-refractivity contribution < 1.29 is 14.6 Å². The topological polar surface area (TPSA) is 70.6 Å². The van der Waals surface area contributed by atoms with E-state index in [1.165, 1.54) is 0 Å². The van der Waals surface area contributed by atoms with Crippen LogP contribution in [-0.2, 0) is 4.79 Å². The molecule has 0 aliphatic carbocycles. The lowest BCUT2D eigenvalue weighted by atomic mass is 10.1. The van der Waals surface area contributed by atoms with Crippen LogP contribution in [0.15, 0.2) is 22.7 Å². The highest BCUT2D eigenvalue weighted by Gasteiger charge is 2.28. The zero-order valence-corrected chi connectivity index (χ0v) is 13.1. The van der Waals surface area contributed by atoms with E-state index in [2.05, 4.69) is 26.6 Å². The number of carbonyl (C=O) groups is 1. The molecule has 6 heteroatoms. The number of benzene rings is 1. The van der Waals surface area contributed by atoms with Gasteiger partial charge in [-0.05, 0) is 47.0 Å². The Morgan fingerprint density at radius 3 is 2.90 bits per heavy atom. The Hall–Kier alpha value is -1.11. The first kappa shape index (κ1) is 15.3. The molecule has 1 saturated heterocycles. The van der Waals surface area contributed by atoms with Gasteiger partial charge in [-0.3, -0.25) is 4.79 Å². The Balaban J connectivity index is 1.99. The second-order valence-corrected chi connectivity index (χ2v) is 5.83. The van der Waals surface area contributed by atoms with E-state index in [0.717, 1.165) is 15.8 Å². The highest BCUT2D eigenvalue weighted by Crippen LogP contribution is 2.28. The average Bonchev–Trinajstić information content (AvgIpc) is 2.85. The number of hydrogen-bond donors (Lipinski definition) is 3. The summed E-state index contributed by atoms with van der Waals surface area (Å²) in [4.78, 5) is 12.1. The van der Waals surface area contributed by atoms with Crippen molar-refractivity contribution in [2.24, 2.45) is 0 Å². The highest BCUT2D eigenvalue weighted by atomic mass is 79.9. The van der Waals surface area contributed by atoms with E-state index in [1.807, 2.05) is 25.1 Å². The largest absolute Gasteiger partial charge is 0.496 e. The number of aliphatic hydroxyl groups is 1. The number of carbonyl (C=O) groups excluding carboxylic acids is 1. The fourth-order valence-electron chi connectivity index (χ4n) is 2.27. The molecule has 5 nitrogen and oxygen atoms in total. The summed E-state index contributed by atoms with van der Waals surface area (Å²) in [7, 11) is 1.61. The predicted octanol–water partition coefficient (Wildman–Crippen LogP) is 1.36. The van der Waals surface area contributed by atoms with Crippen molar-refractivity contribution in [1.29, 1.82) is 0 Å². The maximum Gasteiger partial charge on any atom is 0.237 e. The highest BCUT2D eigenvalue weighted by molar-refractivity contribution is 9.10. The molecule has 0 aromatic heterocycles. The van der Waals surface area contributed by atoms with Gasteiger partial charge in [0.15, 0.2) is 0 Å². The Bertz CT molecular complexity index is 495. The minimum absolute atomic E-state index is 0.0824. The van der Waals surface area contributed by atoms with Crippen molar-refractivity contribution in [2.75, 3.05) is 13.7 Å². The van der Waals surface area contributed by atoms with Crippen molar-refractivity contribution >= 4 is 21.8 Å². The van der Waals surface area contributed by atoms with Crippen LogP contribution in [-0.4, -0.2) is 36.8 Å². The first-order valence-corrected chi connectivity index (χ1v) is 7.36. The molecule has 1 aromatic carbocycles. The molecule has 0 spiro atoms. The van der Waals surface area contributed by atoms with E-state index in [1.54, 1.807) is 7.11 Å². The van der Waals surface area contributed by atoms with Gasteiger partial charge in [-0.2, -0.15) is 0 Å². The van der Waals surface area contributed by atoms with Crippen molar-refractivity contribution in [3.8, 4) is 5.75 Å². The zero-order valence-electron chi connectivity index (χ0n) is 11.5. The van der Waals surface area contributed by atoms with Gasteiger partial charge in [0.05, 0.1) is 29.8 Å². The number of halogens is 1. The second kappa shape index (κ2) is 6.56. The van der Waals surface area contributed by atoms with E-state index in [9.17, 15) is 9.90 Å². The minimum Gasteiger partial charge on any atom is -0.496 e. The van der Waals surface area contributed by atoms with Crippen LogP contribution in [0.2, 0.25) is 0 Å². The molecule has 1 fully saturated rings. The molecular weight excluding hydrogens is 324 g/mol. The first-order valence-electron chi connectivity index (χ1n) is 6.56. The van der Waals surface area contributed by atoms with E-state index in [-0.39, 0.29) is 18.0 Å². The molecule has 3 atom stereocenters. The van der Waals surface area contributed by atoms with E-state index in [0.29, 0.717) is 13.0 Å². The van der Waals surface area contributed by atoms with Crippen molar-refractivity contribution in [2.45, 2.75) is 31.5 Å². The van der Waals surface area contributed by atoms with E-state index in [4.69, 9.17) is 4.74 Å². The van der Waals surface area contributed by atoms with Crippen LogP contribution in [0, 0.1) is 0 Å². The molecular formula is C14H19BrN2O3. The average molecular weight is 343 g/mol. The number of aliphatic hydroxyl groups excluding tert-OH is 1. The van der Waals surface area contributed by atoms with Gasteiger partial charge in [0.1, 0.15) is 5.75 Å². The molecule has 20 heavy (non-hydrogen) atoms. The van der Waals surface area contributed by atoms with Gasteiger partial charge >= 0.3 is 0 Å². The lowest BCUT2D eigenvalue weighted by molar-refractivity contribution is -0.123.